The first-order valence-corrected chi connectivity index (χ1v) is 8.03. The second-order valence-electron chi connectivity index (χ2n) is 5.94. The molecule has 0 saturated heterocycles. The average Bonchev–Trinajstić information content (AvgIpc) is 3.31. The monoisotopic (exact) mass is 344 g/mol. The van der Waals surface area contributed by atoms with Crippen LogP contribution < -0.4 is 5.73 Å². The minimum atomic E-state index is -0.298. The molecule has 0 amide bonds. The van der Waals surface area contributed by atoms with Crippen LogP contribution in [-0.2, 0) is 0 Å². The van der Waals surface area contributed by atoms with Gasteiger partial charge in [0.15, 0.2) is 11.5 Å². The number of nitrogens with zero attached hydrogens (tertiary/aromatic N) is 5. The number of rotatable bonds is 2. The van der Waals surface area contributed by atoms with Gasteiger partial charge in [0, 0.05) is 35.9 Å². The molecule has 0 unspecified atom stereocenters. The fraction of sp³-hybridized carbons (Fsp3) is 0. The Morgan fingerprint density at radius 3 is 2.62 bits per heavy atom. The molecular weight excluding hydrogens is 331 g/mol. The topological polar surface area (TPSA) is 73.5 Å². The van der Waals surface area contributed by atoms with E-state index in [4.69, 9.17) is 5.73 Å². The zero-order chi connectivity index (χ0) is 17.7. The molecule has 0 bridgehead atoms. The third-order valence-electron chi connectivity index (χ3n) is 4.36. The molecule has 6 nitrogen and oxygen atoms in total. The molecule has 4 heterocycles. The van der Waals surface area contributed by atoms with E-state index in [9.17, 15) is 4.39 Å². The molecule has 0 spiro atoms. The van der Waals surface area contributed by atoms with Crippen molar-refractivity contribution in [3.8, 4) is 22.5 Å². The van der Waals surface area contributed by atoms with E-state index in [1.165, 1.54) is 12.1 Å². The van der Waals surface area contributed by atoms with Crippen molar-refractivity contribution < 1.29 is 4.39 Å². The van der Waals surface area contributed by atoms with E-state index in [0.717, 1.165) is 22.3 Å². The molecule has 7 heteroatoms. The maximum Gasteiger partial charge on any atom is 0.180 e. The maximum absolute atomic E-state index is 13.4. The first-order valence-electron chi connectivity index (χ1n) is 8.03. The summed E-state index contributed by atoms with van der Waals surface area (Å²) in [6.45, 7) is 0. The zero-order valence-corrected chi connectivity index (χ0v) is 13.5. The SMILES string of the molecule is Nc1nc(-c2ccc(F)cc2)c(-c2ccn3nccc3c2)n2ccnc12. The van der Waals surface area contributed by atoms with Crippen molar-refractivity contribution in [2.75, 3.05) is 5.73 Å². The number of hydrogen-bond donors (Lipinski definition) is 1. The molecule has 5 aromatic rings. The smallest absolute Gasteiger partial charge is 0.180 e. The van der Waals surface area contributed by atoms with Gasteiger partial charge in [-0.25, -0.2) is 18.9 Å². The number of benzene rings is 1. The van der Waals surface area contributed by atoms with Crippen LogP contribution in [0.15, 0.2) is 67.3 Å². The van der Waals surface area contributed by atoms with Gasteiger partial charge in [-0.05, 0) is 42.5 Å². The highest BCUT2D eigenvalue weighted by atomic mass is 19.1. The summed E-state index contributed by atoms with van der Waals surface area (Å²) in [5.74, 6) is 0.0242. The van der Waals surface area contributed by atoms with Crippen LogP contribution >= 0.6 is 0 Å². The highest BCUT2D eigenvalue weighted by molar-refractivity contribution is 5.84. The van der Waals surface area contributed by atoms with Crippen LogP contribution in [0.2, 0.25) is 0 Å². The average molecular weight is 344 g/mol. The van der Waals surface area contributed by atoms with Gasteiger partial charge in [0.05, 0.1) is 16.9 Å². The van der Waals surface area contributed by atoms with Crippen LogP contribution in [0.3, 0.4) is 0 Å². The lowest BCUT2D eigenvalue weighted by Crippen LogP contribution is -2.04. The van der Waals surface area contributed by atoms with E-state index >= 15 is 0 Å². The van der Waals surface area contributed by atoms with E-state index < -0.39 is 0 Å². The molecule has 0 aliphatic heterocycles. The molecule has 0 aliphatic carbocycles. The van der Waals surface area contributed by atoms with E-state index in [1.54, 1.807) is 29.0 Å². The highest BCUT2D eigenvalue weighted by Gasteiger charge is 2.17. The second kappa shape index (κ2) is 5.38. The van der Waals surface area contributed by atoms with Crippen molar-refractivity contribution in [2.45, 2.75) is 0 Å². The molecule has 0 radical (unpaired) electrons. The largest absolute Gasteiger partial charge is 0.381 e. The molecule has 4 aromatic heterocycles. The van der Waals surface area contributed by atoms with Gasteiger partial charge in [-0.15, -0.1) is 0 Å². The summed E-state index contributed by atoms with van der Waals surface area (Å²) >= 11 is 0. The minimum Gasteiger partial charge on any atom is -0.381 e. The van der Waals surface area contributed by atoms with E-state index in [2.05, 4.69) is 15.1 Å². The third kappa shape index (κ3) is 2.14. The molecule has 5 rings (SSSR count). The Labute approximate surface area is 147 Å². The summed E-state index contributed by atoms with van der Waals surface area (Å²) in [4.78, 5) is 8.87. The normalized spacial score (nSPS) is 11.4. The lowest BCUT2D eigenvalue weighted by molar-refractivity contribution is 0.628. The Balaban J connectivity index is 1.86. The minimum absolute atomic E-state index is 0.298. The van der Waals surface area contributed by atoms with Crippen molar-refractivity contribution >= 4 is 17.0 Å². The molecule has 126 valence electrons. The lowest BCUT2D eigenvalue weighted by atomic mass is 10.0. The molecule has 0 aliphatic rings. The summed E-state index contributed by atoms with van der Waals surface area (Å²) in [5, 5.41) is 4.23. The summed E-state index contributed by atoms with van der Waals surface area (Å²) in [6, 6.07) is 12.1. The first-order chi connectivity index (χ1) is 12.7. The van der Waals surface area contributed by atoms with E-state index in [1.807, 2.05) is 35.0 Å². The molecule has 0 saturated carbocycles. The van der Waals surface area contributed by atoms with Gasteiger partial charge in [-0.2, -0.15) is 5.10 Å². The third-order valence-corrected chi connectivity index (χ3v) is 4.36. The molecule has 0 fully saturated rings. The quantitative estimate of drug-likeness (QED) is 0.532. The van der Waals surface area contributed by atoms with Crippen LogP contribution in [0.5, 0.6) is 0 Å². The van der Waals surface area contributed by atoms with E-state index in [-0.39, 0.29) is 5.82 Å². The number of anilines is 1. The zero-order valence-electron chi connectivity index (χ0n) is 13.5. The van der Waals surface area contributed by atoms with Crippen LogP contribution in [-0.4, -0.2) is 24.0 Å². The fourth-order valence-electron chi connectivity index (χ4n) is 3.16. The Bertz CT molecular complexity index is 1250. The molecule has 2 N–H and O–H groups in total. The van der Waals surface area contributed by atoms with Gasteiger partial charge in [-0.1, -0.05) is 0 Å². The Morgan fingerprint density at radius 2 is 1.77 bits per heavy atom. The van der Waals surface area contributed by atoms with Gasteiger partial charge in [0.25, 0.3) is 0 Å². The van der Waals surface area contributed by atoms with Crippen molar-refractivity contribution in [1.29, 1.82) is 0 Å². The lowest BCUT2D eigenvalue weighted by Gasteiger charge is -2.14. The van der Waals surface area contributed by atoms with Crippen molar-refractivity contribution in [3.63, 3.8) is 0 Å². The highest BCUT2D eigenvalue weighted by Crippen LogP contribution is 2.33. The Hall–Kier alpha value is -3.74. The summed E-state index contributed by atoms with van der Waals surface area (Å²) in [7, 11) is 0. The van der Waals surface area contributed by atoms with Crippen molar-refractivity contribution in [3.05, 3.63) is 73.1 Å². The molecule has 26 heavy (non-hydrogen) atoms. The number of aromatic nitrogens is 5. The summed E-state index contributed by atoms with van der Waals surface area (Å²) in [6.07, 6.45) is 7.16. The van der Waals surface area contributed by atoms with Gasteiger partial charge < -0.3 is 5.73 Å². The van der Waals surface area contributed by atoms with Crippen molar-refractivity contribution in [1.82, 2.24) is 24.0 Å². The number of imidazole rings is 1. The van der Waals surface area contributed by atoms with Gasteiger partial charge >= 0.3 is 0 Å². The fourth-order valence-corrected chi connectivity index (χ4v) is 3.16. The van der Waals surface area contributed by atoms with Crippen LogP contribution in [0.1, 0.15) is 0 Å². The molecular formula is C19H13FN6. The maximum atomic E-state index is 13.4. The standard InChI is InChI=1S/C19H13FN6/c20-14-3-1-12(2-4-14)16-17(25-10-8-22-19(25)18(21)24-16)13-6-9-26-15(11-13)5-7-23-26/h1-11H,(H2,21,24). The summed E-state index contributed by atoms with van der Waals surface area (Å²) < 4.78 is 17.1. The van der Waals surface area contributed by atoms with Crippen LogP contribution in [0, 0.1) is 5.82 Å². The predicted molar refractivity (Wildman–Crippen MR) is 97.0 cm³/mol. The van der Waals surface area contributed by atoms with Crippen LogP contribution in [0.4, 0.5) is 10.2 Å². The number of hydrogen-bond acceptors (Lipinski definition) is 4. The Kier molecular flexibility index (Phi) is 3.02. The summed E-state index contributed by atoms with van der Waals surface area (Å²) in [5.41, 5.74) is 10.9. The number of pyridine rings is 1. The number of fused-ring (bicyclic) bond motifs is 2. The van der Waals surface area contributed by atoms with Crippen molar-refractivity contribution in [2.24, 2.45) is 0 Å². The van der Waals surface area contributed by atoms with Crippen LogP contribution in [0.25, 0.3) is 33.7 Å². The molecule has 1 aromatic carbocycles. The first kappa shape index (κ1) is 14.6. The predicted octanol–water partition coefficient (Wildman–Crippen LogP) is 3.43. The second-order valence-corrected chi connectivity index (χ2v) is 5.94. The number of nitrogens with two attached hydrogens (primary N) is 1. The van der Waals surface area contributed by atoms with E-state index in [0.29, 0.717) is 17.2 Å². The van der Waals surface area contributed by atoms with Gasteiger partial charge in [0.1, 0.15) is 5.82 Å². The number of nitrogen functional groups attached to an aromatic ring is 1. The van der Waals surface area contributed by atoms with Gasteiger partial charge in [-0.3, -0.25) is 4.40 Å². The Morgan fingerprint density at radius 1 is 0.923 bits per heavy atom. The molecule has 0 atom stereocenters. The number of halogens is 1. The van der Waals surface area contributed by atoms with Gasteiger partial charge in [0.2, 0.25) is 0 Å².